The molecule has 3 rings (SSSR count). The highest BCUT2D eigenvalue weighted by Crippen LogP contribution is 2.41. The molecule has 0 atom stereocenters. The Morgan fingerprint density at radius 3 is 2.84 bits per heavy atom. The lowest BCUT2D eigenvalue weighted by molar-refractivity contribution is 0.296. The van der Waals surface area contributed by atoms with E-state index < -0.39 is 0 Å². The number of nitrogens with two attached hydrogens (primary N) is 1. The number of hydrogen-bond acceptors (Lipinski definition) is 4. The van der Waals surface area contributed by atoms with Crippen molar-refractivity contribution in [3.63, 3.8) is 0 Å². The predicted octanol–water partition coefficient (Wildman–Crippen LogP) is 2.59. The van der Waals surface area contributed by atoms with E-state index in [1.807, 2.05) is 19.2 Å². The van der Waals surface area contributed by atoms with Gasteiger partial charge in [0, 0.05) is 19.0 Å². The maximum absolute atomic E-state index is 6.00. The van der Waals surface area contributed by atoms with Crippen molar-refractivity contribution in [2.24, 2.45) is 7.05 Å². The Hall–Kier alpha value is -1.69. The van der Waals surface area contributed by atoms with Gasteiger partial charge in [0.2, 0.25) is 0 Å². The standard InChI is InChI=1S/C13H14BrN3O2/c1-17-13(15)9(7-16-17)8-5-10(14)12-11(6-8)18-3-2-4-19-12/h5-7H,2-4,15H2,1H3. The van der Waals surface area contributed by atoms with E-state index in [1.165, 1.54) is 0 Å². The number of rotatable bonds is 1. The fourth-order valence-corrected chi connectivity index (χ4v) is 2.61. The van der Waals surface area contributed by atoms with Crippen LogP contribution in [0.1, 0.15) is 6.42 Å². The largest absolute Gasteiger partial charge is 0.489 e. The smallest absolute Gasteiger partial charge is 0.175 e. The zero-order valence-corrected chi connectivity index (χ0v) is 12.1. The summed E-state index contributed by atoms with van der Waals surface area (Å²) < 4.78 is 13.9. The van der Waals surface area contributed by atoms with E-state index in [9.17, 15) is 0 Å². The van der Waals surface area contributed by atoms with Crippen molar-refractivity contribution < 1.29 is 9.47 Å². The molecule has 2 aromatic rings. The topological polar surface area (TPSA) is 62.3 Å². The number of fused-ring (bicyclic) bond motifs is 1. The lowest BCUT2D eigenvalue weighted by atomic mass is 10.1. The van der Waals surface area contributed by atoms with Crippen LogP contribution < -0.4 is 15.2 Å². The average Bonchev–Trinajstić information content (AvgIpc) is 2.62. The Morgan fingerprint density at radius 2 is 2.11 bits per heavy atom. The van der Waals surface area contributed by atoms with Gasteiger partial charge >= 0.3 is 0 Å². The van der Waals surface area contributed by atoms with E-state index in [-0.39, 0.29) is 0 Å². The fourth-order valence-electron chi connectivity index (χ4n) is 2.06. The van der Waals surface area contributed by atoms with Crippen molar-refractivity contribution in [2.75, 3.05) is 18.9 Å². The van der Waals surface area contributed by atoms with Crippen LogP contribution in [0.25, 0.3) is 11.1 Å². The van der Waals surface area contributed by atoms with Gasteiger partial charge in [-0.2, -0.15) is 5.10 Å². The maximum Gasteiger partial charge on any atom is 0.175 e. The molecule has 0 fully saturated rings. The van der Waals surface area contributed by atoms with Crippen molar-refractivity contribution >= 4 is 21.7 Å². The summed E-state index contributed by atoms with van der Waals surface area (Å²) in [6.45, 7) is 1.32. The van der Waals surface area contributed by atoms with Gasteiger partial charge in [0.25, 0.3) is 0 Å². The molecule has 19 heavy (non-hydrogen) atoms. The second-order valence-corrected chi connectivity index (χ2v) is 5.26. The van der Waals surface area contributed by atoms with Crippen LogP contribution in [-0.4, -0.2) is 23.0 Å². The number of ether oxygens (including phenoxy) is 2. The second-order valence-electron chi connectivity index (χ2n) is 4.40. The Bertz CT molecular complexity index is 625. The predicted molar refractivity (Wildman–Crippen MR) is 76.4 cm³/mol. The summed E-state index contributed by atoms with van der Waals surface area (Å²) in [6, 6.07) is 3.92. The van der Waals surface area contributed by atoms with Gasteiger partial charge < -0.3 is 15.2 Å². The fraction of sp³-hybridized carbons (Fsp3) is 0.308. The van der Waals surface area contributed by atoms with E-state index in [4.69, 9.17) is 15.2 Å². The molecule has 1 aliphatic heterocycles. The van der Waals surface area contributed by atoms with Crippen LogP contribution >= 0.6 is 15.9 Å². The molecule has 100 valence electrons. The molecule has 2 heterocycles. The first-order valence-corrected chi connectivity index (χ1v) is 6.83. The molecule has 1 aliphatic rings. The van der Waals surface area contributed by atoms with Gasteiger partial charge in [-0.25, -0.2) is 0 Å². The minimum absolute atomic E-state index is 0.626. The molecular formula is C13H14BrN3O2. The molecule has 1 aromatic carbocycles. The first kappa shape index (κ1) is 12.3. The number of hydrogen-bond donors (Lipinski definition) is 1. The highest BCUT2D eigenvalue weighted by molar-refractivity contribution is 9.10. The summed E-state index contributed by atoms with van der Waals surface area (Å²) in [6.07, 6.45) is 2.63. The molecule has 0 amide bonds. The molecule has 0 unspecified atom stereocenters. The van der Waals surface area contributed by atoms with Gasteiger partial charge in [-0.15, -0.1) is 0 Å². The summed E-state index contributed by atoms with van der Waals surface area (Å²) in [5.74, 6) is 2.12. The zero-order chi connectivity index (χ0) is 13.4. The molecule has 0 bridgehead atoms. The number of benzene rings is 1. The molecule has 0 spiro atoms. The number of aryl methyl sites for hydroxylation is 1. The quantitative estimate of drug-likeness (QED) is 0.876. The molecule has 6 heteroatoms. The summed E-state index contributed by atoms with van der Waals surface area (Å²) >= 11 is 3.52. The monoisotopic (exact) mass is 323 g/mol. The van der Waals surface area contributed by atoms with Gasteiger partial charge in [-0.3, -0.25) is 4.68 Å². The summed E-state index contributed by atoms with van der Waals surface area (Å²) in [5, 5.41) is 4.16. The van der Waals surface area contributed by atoms with Crippen molar-refractivity contribution in [1.82, 2.24) is 9.78 Å². The highest BCUT2D eigenvalue weighted by Gasteiger charge is 2.17. The third-order valence-corrected chi connectivity index (χ3v) is 3.69. The number of aromatic nitrogens is 2. The maximum atomic E-state index is 6.00. The molecule has 2 N–H and O–H groups in total. The zero-order valence-electron chi connectivity index (χ0n) is 10.5. The molecular weight excluding hydrogens is 310 g/mol. The van der Waals surface area contributed by atoms with Crippen LogP contribution in [0, 0.1) is 0 Å². The first-order valence-electron chi connectivity index (χ1n) is 6.04. The van der Waals surface area contributed by atoms with Gasteiger partial charge in [0.05, 0.1) is 23.9 Å². The third kappa shape index (κ3) is 2.16. The van der Waals surface area contributed by atoms with Crippen LogP contribution in [-0.2, 0) is 7.05 Å². The van der Waals surface area contributed by atoms with Crippen molar-refractivity contribution in [3.8, 4) is 22.6 Å². The van der Waals surface area contributed by atoms with Gasteiger partial charge in [0.1, 0.15) is 5.82 Å². The Kier molecular flexibility index (Phi) is 3.10. The van der Waals surface area contributed by atoms with Crippen molar-refractivity contribution in [1.29, 1.82) is 0 Å². The molecule has 5 nitrogen and oxygen atoms in total. The Labute approximate surface area is 119 Å². The van der Waals surface area contributed by atoms with Gasteiger partial charge in [-0.1, -0.05) is 0 Å². The Morgan fingerprint density at radius 1 is 1.32 bits per heavy atom. The van der Waals surface area contributed by atoms with Crippen molar-refractivity contribution in [2.45, 2.75) is 6.42 Å². The van der Waals surface area contributed by atoms with E-state index in [0.29, 0.717) is 19.0 Å². The van der Waals surface area contributed by atoms with E-state index >= 15 is 0 Å². The van der Waals surface area contributed by atoms with E-state index in [1.54, 1.807) is 10.9 Å². The van der Waals surface area contributed by atoms with Crippen molar-refractivity contribution in [3.05, 3.63) is 22.8 Å². The average molecular weight is 324 g/mol. The molecule has 0 saturated heterocycles. The Balaban J connectivity index is 2.11. The second kappa shape index (κ2) is 4.77. The number of nitrogen functional groups attached to an aromatic ring is 1. The van der Waals surface area contributed by atoms with Crippen LogP contribution in [0.2, 0.25) is 0 Å². The molecule has 1 aromatic heterocycles. The van der Waals surface area contributed by atoms with Crippen LogP contribution in [0.15, 0.2) is 22.8 Å². The highest BCUT2D eigenvalue weighted by atomic mass is 79.9. The lowest BCUT2D eigenvalue weighted by Crippen LogP contribution is -1.98. The minimum Gasteiger partial charge on any atom is -0.489 e. The molecule has 0 radical (unpaired) electrons. The van der Waals surface area contributed by atoms with E-state index in [2.05, 4.69) is 21.0 Å². The minimum atomic E-state index is 0.626. The normalized spacial score (nSPS) is 14.2. The third-order valence-electron chi connectivity index (χ3n) is 3.10. The first-order chi connectivity index (χ1) is 9.16. The van der Waals surface area contributed by atoms with Gasteiger partial charge in [-0.05, 0) is 33.6 Å². The number of halogens is 1. The SMILES string of the molecule is Cn1ncc(-c2cc(Br)c3c(c2)OCCCO3)c1N. The van der Waals surface area contributed by atoms with Crippen LogP contribution in [0.4, 0.5) is 5.82 Å². The summed E-state index contributed by atoms with van der Waals surface area (Å²) in [4.78, 5) is 0. The lowest BCUT2D eigenvalue weighted by Gasteiger charge is -2.11. The van der Waals surface area contributed by atoms with Crippen LogP contribution in [0.3, 0.4) is 0 Å². The summed E-state index contributed by atoms with van der Waals surface area (Å²) in [5.41, 5.74) is 7.85. The van der Waals surface area contributed by atoms with E-state index in [0.717, 1.165) is 33.5 Å². The molecule has 0 aliphatic carbocycles. The van der Waals surface area contributed by atoms with Gasteiger partial charge in [0.15, 0.2) is 11.5 Å². The summed E-state index contributed by atoms with van der Waals surface area (Å²) in [7, 11) is 1.82. The van der Waals surface area contributed by atoms with Crippen LogP contribution in [0.5, 0.6) is 11.5 Å². The molecule has 0 saturated carbocycles. The number of nitrogens with zero attached hydrogens (tertiary/aromatic N) is 2. The number of anilines is 1.